The second-order valence-corrected chi connectivity index (χ2v) is 5.09. The van der Waals surface area contributed by atoms with Crippen molar-refractivity contribution in [3.63, 3.8) is 0 Å². The number of non-ortho nitro benzene ring substituents is 1. The van der Waals surface area contributed by atoms with Gasteiger partial charge in [0.25, 0.3) is 5.69 Å². The van der Waals surface area contributed by atoms with E-state index < -0.39 is 4.92 Å². The van der Waals surface area contributed by atoms with Crippen molar-refractivity contribution < 1.29 is 9.45 Å². The van der Waals surface area contributed by atoms with Crippen molar-refractivity contribution in [2.24, 2.45) is 0 Å². The molecule has 2 heterocycles. The van der Waals surface area contributed by atoms with E-state index in [1.165, 1.54) is 12.1 Å². The first-order chi connectivity index (χ1) is 9.58. The Labute approximate surface area is 115 Å². The van der Waals surface area contributed by atoms with Crippen molar-refractivity contribution in [2.75, 3.05) is 6.54 Å². The van der Waals surface area contributed by atoms with Gasteiger partial charge in [-0.25, -0.2) is 0 Å². The minimum absolute atomic E-state index is 0.0130. The van der Waals surface area contributed by atoms with Gasteiger partial charge in [-0.2, -0.15) is 4.98 Å². The van der Waals surface area contributed by atoms with Crippen molar-refractivity contribution in [2.45, 2.75) is 25.3 Å². The third-order valence-corrected chi connectivity index (χ3v) is 3.58. The van der Waals surface area contributed by atoms with Crippen LogP contribution in [-0.2, 0) is 5.54 Å². The van der Waals surface area contributed by atoms with Gasteiger partial charge in [0.05, 0.1) is 10.5 Å². The van der Waals surface area contributed by atoms with Gasteiger partial charge in [0.2, 0.25) is 11.7 Å². The first kappa shape index (κ1) is 12.7. The molecule has 20 heavy (non-hydrogen) atoms. The van der Waals surface area contributed by atoms with Crippen LogP contribution in [0.5, 0.6) is 0 Å². The molecule has 1 saturated heterocycles. The summed E-state index contributed by atoms with van der Waals surface area (Å²) in [4.78, 5) is 14.7. The molecule has 7 heteroatoms. The van der Waals surface area contributed by atoms with Gasteiger partial charge in [-0.15, -0.1) is 0 Å². The molecule has 1 aromatic heterocycles. The van der Waals surface area contributed by atoms with Crippen LogP contribution in [0.1, 0.15) is 25.7 Å². The molecule has 1 unspecified atom stereocenters. The maximum atomic E-state index is 10.8. The van der Waals surface area contributed by atoms with Crippen molar-refractivity contribution in [1.82, 2.24) is 15.5 Å². The fourth-order valence-electron chi connectivity index (χ4n) is 2.40. The maximum Gasteiger partial charge on any atom is 0.270 e. The average Bonchev–Trinajstić information content (AvgIpc) is 3.08. The van der Waals surface area contributed by atoms with E-state index in [0.29, 0.717) is 17.3 Å². The standard InChI is InChI=1S/C13H14N4O3/c1-13(6-3-7-14-13)12-15-11(16-20-12)9-4-2-5-10(8-9)17(18)19/h2,4-5,8,14H,3,6-7H2,1H3. The lowest BCUT2D eigenvalue weighted by atomic mass is 10.0. The van der Waals surface area contributed by atoms with Gasteiger partial charge in [-0.3, -0.25) is 10.1 Å². The molecule has 1 aromatic carbocycles. The van der Waals surface area contributed by atoms with Crippen LogP contribution in [-0.4, -0.2) is 21.6 Å². The summed E-state index contributed by atoms with van der Waals surface area (Å²) >= 11 is 0. The average molecular weight is 274 g/mol. The normalized spacial score (nSPS) is 22.1. The smallest absolute Gasteiger partial charge is 0.270 e. The lowest BCUT2D eigenvalue weighted by molar-refractivity contribution is -0.384. The molecule has 0 radical (unpaired) electrons. The number of rotatable bonds is 3. The van der Waals surface area contributed by atoms with Crippen molar-refractivity contribution in [1.29, 1.82) is 0 Å². The highest BCUT2D eigenvalue weighted by atomic mass is 16.6. The maximum absolute atomic E-state index is 10.8. The second kappa shape index (κ2) is 4.68. The van der Waals surface area contributed by atoms with E-state index >= 15 is 0 Å². The summed E-state index contributed by atoms with van der Waals surface area (Å²) in [5.74, 6) is 0.898. The van der Waals surface area contributed by atoms with Crippen LogP contribution < -0.4 is 5.32 Å². The quantitative estimate of drug-likeness (QED) is 0.681. The Hall–Kier alpha value is -2.28. The molecule has 1 N–H and O–H groups in total. The van der Waals surface area contributed by atoms with Crippen LogP contribution in [0.4, 0.5) is 5.69 Å². The van der Waals surface area contributed by atoms with Crippen LogP contribution in [0.25, 0.3) is 11.4 Å². The number of nitro groups is 1. The summed E-state index contributed by atoms with van der Waals surface area (Å²) < 4.78 is 5.31. The van der Waals surface area contributed by atoms with Crippen molar-refractivity contribution >= 4 is 5.69 Å². The lowest BCUT2D eigenvalue weighted by Gasteiger charge is -2.18. The van der Waals surface area contributed by atoms with Crippen molar-refractivity contribution in [3.05, 3.63) is 40.3 Å². The third kappa shape index (κ3) is 2.16. The third-order valence-electron chi connectivity index (χ3n) is 3.58. The second-order valence-electron chi connectivity index (χ2n) is 5.09. The van der Waals surface area contributed by atoms with Crippen LogP contribution in [0, 0.1) is 10.1 Å². The lowest BCUT2D eigenvalue weighted by Crippen LogP contribution is -2.33. The first-order valence-electron chi connectivity index (χ1n) is 6.42. The van der Waals surface area contributed by atoms with E-state index in [1.54, 1.807) is 12.1 Å². The molecule has 1 aliphatic rings. The van der Waals surface area contributed by atoms with E-state index in [1.807, 2.05) is 6.92 Å². The Balaban J connectivity index is 1.94. The Morgan fingerprint density at radius 2 is 2.35 bits per heavy atom. The molecule has 1 aliphatic heterocycles. The van der Waals surface area contributed by atoms with Crippen LogP contribution in [0.3, 0.4) is 0 Å². The van der Waals surface area contributed by atoms with Gasteiger partial charge < -0.3 is 9.84 Å². The summed E-state index contributed by atoms with van der Waals surface area (Å²) in [5.41, 5.74) is 0.293. The Morgan fingerprint density at radius 1 is 1.50 bits per heavy atom. The van der Waals surface area contributed by atoms with E-state index in [0.717, 1.165) is 19.4 Å². The molecule has 0 spiro atoms. The Kier molecular flexibility index (Phi) is 2.98. The van der Waals surface area contributed by atoms with E-state index in [2.05, 4.69) is 15.5 Å². The minimum atomic E-state index is -0.440. The summed E-state index contributed by atoms with van der Waals surface area (Å²) in [6.07, 6.45) is 1.99. The SMILES string of the molecule is CC1(c2nc(-c3cccc([N+](=O)[O-])c3)no2)CCCN1. The highest BCUT2D eigenvalue weighted by Crippen LogP contribution is 2.30. The van der Waals surface area contributed by atoms with Crippen LogP contribution >= 0.6 is 0 Å². The number of aromatic nitrogens is 2. The molecule has 3 rings (SSSR count). The van der Waals surface area contributed by atoms with E-state index in [4.69, 9.17) is 4.52 Å². The monoisotopic (exact) mass is 274 g/mol. The number of nitro benzene ring substituents is 1. The van der Waals surface area contributed by atoms with Gasteiger partial charge in [0.1, 0.15) is 0 Å². The molecular formula is C13H14N4O3. The molecule has 0 bridgehead atoms. The fourth-order valence-corrected chi connectivity index (χ4v) is 2.40. The number of hydrogen-bond acceptors (Lipinski definition) is 6. The molecule has 104 valence electrons. The summed E-state index contributed by atoms with van der Waals surface area (Å²) in [7, 11) is 0. The number of benzene rings is 1. The molecule has 1 atom stereocenters. The highest BCUT2D eigenvalue weighted by molar-refractivity contribution is 5.58. The minimum Gasteiger partial charge on any atom is -0.337 e. The summed E-state index contributed by atoms with van der Waals surface area (Å²) in [6.45, 7) is 2.94. The molecule has 0 amide bonds. The predicted octanol–water partition coefficient (Wildman–Crippen LogP) is 2.24. The zero-order valence-corrected chi connectivity index (χ0v) is 11.0. The van der Waals surface area contributed by atoms with Gasteiger partial charge in [-0.1, -0.05) is 17.3 Å². The van der Waals surface area contributed by atoms with Crippen molar-refractivity contribution in [3.8, 4) is 11.4 Å². The molecular weight excluding hydrogens is 260 g/mol. The Morgan fingerprint density at radius 3 is 3.05 bits per heavy atom. The highest BCUT2D eigenvalue weighted by Gasteiger charge is 2.35. The van der Waals surface area contributed by atoms with Gasteiger partial charge in [0.15, 0.2) is 0 Å². The zero-order valence-electron chi connectivity index (χ0n) is 11.0. The molecule has 2 aromatic rings. The number of nitrogens with one attached hydrogen (secondary N) is 1. The van der Waals surface area contributed by atoms with Gasteiger partial charge >= 0.3 is 0 Å². The van der Waals surface area contributed by atoms with Gasteiger partial charge in [-0.05, 0) is 26.3 Å². The van der Waals surface area contributed by atoms with Crippen LogP contribution in [0.15, 0.2) is 28.8 Å². The largest absolute Gasteiger partial charge is 0.337 e. The zero-order chi connectivity index (χ0) is 14.2. The number of hydrogen-bond donors (Lipinski definition) is 1. The predicted molar refractivity (Wildman–Crippen MR) is 71.0 cm³/mol. The summed E-state index contributed by atoms with van der Waals surface area (Å²) in [5, 5.41) is 18.0. The topological polar surface area (TPSA) is 94.1 Å². The molecule has 0 aliphatic carbocycles. The summed E-state index contributed by atoms with van der Waals surface area (Å²) in [6, 6.07) is 6.22. The van der Waals surface area contributed by atoms with E-state index in [-0.39, 0.29) is 11.2 Å². The molecule has 1 fully saturated rings. The molecule has 0 saturated carbocycles. The number of nitrogens with zero attached hydrogens (tertiary/aromatic N) is 3. The fraction of sp³-hybridized carbons (Fsp3) is 0.385. The Bertz CT molecular complexity index is 647. The molecule has 7 nitrogen and oxygen atoms in total. The van der Waals surface area contributed by atoms with Crippen LogP contribution in [0.2, 0.25) is 0 Å². The van der Waals surface area contributed by atoms with E-state index in [9.17, 15) is 10.1 Å². The van der Waals surface area contributed by atoms with Gasteiger partial charge in [0, 0.05) is 17.7 Å². The first-order valence-corrected chi connectivity index (χ1v) is 6.42.